The van der Waals surface area contributed by atoms with Gasteiger partial charge in [-0.1, -0.05) is 43.2 Å². The van der Waals surface area contributed by atoms with Crippen LogP contribution >= 0.6 is 0 Å². The lowest BCUT2D eigenvalue weighted by Crippen LogP contribution is -2.57. The van der Waals surface area contributed by atoms with Crippen molar-refractivity contribution in [2.24, 2.45) is 5.92 Å². The molecular weight excluding hydrogens is 530 g/mol. The van der Waals surface area contributed by atoms with Crippen LogP contribution in [0.5, 0.6) is 5.75 Å². The Bertz CT molecular complexity index is 1240. The average molecular weight is 570 g/mol. The number of aliphatic hydroxyl groups is 1. The minimum absolute atomic E-state index is 0.0257. The van der Waals surface area contributed by atoms with Crippen molar-refractivity contribution in [3.05, 3.63) is 60.2 Å². The summed E-state index contributed by atoms with van der Waals surface area (Å²) >= 11 is 0. The average Bonchev–Trinajstić information content (AvgIpc) is 3.48. The molecule has 40 heavy (non-hydrogen) atoms. The lowest BCUT2D eigenvalue weighted by Gasteiger charge is -2.41. The molecule has 4 rings (SSSR count). The molecule has 10 heteroatoms. The summed E-state index contributed by atoms with van der Waals surface area (Å²) in [4.78, 5) is 15.2. The standard InChI is InChI=1S/C30H39N3O6S/c1-38-27-13-15-28(16-14-27)40(36,37)32(19-24-10-5-6-11-24)20-26(34)21-33-25(18-23-8-3-2-4-9-23)22-39-29(30(33)35)12-7-17-31/h2-4,8-9,13-16,24-26,29,34H,5-7,10-12,18-22H2,1H3/t25-,26+,29+/m0/s1. The SMILES string of the molecule is COc1ccc(S(=O)(=O)N(CC2CCCC2)C[C@@H](O)CN2C(=O)[C@@H](CCC#N)OC[C@@H]2Cc2ccccc2)cc1. The molecule has 0 aromatic heterocycles. The number of hydrogen-bond donors (Lipinski definition) is 1. The van der Waals surface area contributed by atoms with Gasteiger partial charge in [0.25, 0.3) is 5.91 Å². The summed E-state index contributed by atoms with van der Waals surface area (Å²) in [6.45, 7) is 0.443. The van der Waals surface area contributed by atoms with Gasteiger partial charge in [0.05, 0.1) is 36.8 Å². The van der Waals surface area contributed by atoms with Crippen LogP contribution in [0.2, 0.25) is 0 Å². The van der Waals surface area contributed by atoms with E-state index in [1.165, 1.54) is 23.5 Å². The zero-order valence-electron chi connectivity index (χ0n) is 23.0. The van der Waals surface area contributed by atoms with E-state index in [0.29, 0.717) is 18.7 Å². The van der Waals surface area contributed by atoms with Crippen LogP contribution in [0.4, 0.5) is 0 Å². The molecule has 2 aromatic rings. The smallest absolute Gasteiger partial charge is 0.252 e. The van der Waals surface area contributed by atoms with Gasteiger partial charge in [0.2, 0.25) is 10.0 Å². The highest BCUT2D eigenvalue weighted by Gasteiger charge is 2.38. The van der Waals surface area contributed by atoms with E-state index in [1.54, 1.807) is 17.0 Å². The van der Waals surface area contributed by atoms with Crippen LogP contribution in [0.25, 0.3) is 0 Å². The summed E-state index contributed by atoms with van der Waals surface area (Å²) in [6.07, 6.45) is 3.18. The number of aliphatic hydroxyl groups excluding tert-OH is 1. The fraction of sp³-hybridized carbons (Fsp3) is 0.533. The minimum Gasteiger partial charge on any atom is -0.497 e. The first kappa shape index (κ1) is 30.0. The first-order chi connectivity index (χ1) is 19.3. The summed E-state index contributed by atoms with van der Waals surface area (Å²) in [5, 5.41) is 20.3. The molecule has 9 nitrogen and oxygen atoms in total. The molecule has 2 fully saturated rings. The third kappa shape index (κ3) is 7.61. The van der Waals surface area contributed by atoms with Crippen LogP contribution in [-0.2, 0) is 26.0 Å². The van der Waals surface area contributed by atoms with Gasteiger partial charge in [-0.05, 0) is 61.4 Å². The summed E-state index contributed by atoms with van der Waals surface area (Å²) in [6, 6.07) is 17.7. The molecule has 216 valence electrons. The molecule has 1 aliphatic heterocycles. The molecule has 1 N–H and O–H groups in total. The number of nitriles is 1. The first-order valence-electron chi connectivity index (χ1n) is 14.0. The Labute approximate surface area is 237 Å². The van der Waals surface area contributed by atoms with E-state index in [0.717, 1.165) is 31.2 Å². The van der Waals surface area contributed by atoms with E-state index in [4.69, 9.17) is 14.7 Å². The number of ether oxygens (including phenoxy) is 2. The number of methoxy groups -OCH3 is 1. The quantitative estimate of drug-likeness (QED) is 0.393. The van der Waals surface area contributed by atoms with Crippen LogP contribution in [0.1, 0.15) is 44.1 Å². The molecule has 0 unspecified atom stereocenters. The van der Waals surface area contributed by atoms with Crippen molar-refractivity contribution in [2.75, 3.05) is 33.4 Å². The normalized spacial score (nSPS) is 20.9. The second-order valence-electron chi connectivity index (χ2n) is 10.7. The summed E-state index contributed by atoms with van der Waals surface area (Å²) in [5.74, 6) is 0.510. The van der Waals surface area contributed by atoms with Gasteiger partial charge in [-0.25, -0.2) is 8.42 Å². The number of nitrogens with zero attached hydrogens (tertiary/aromatic N) is 3. The predicted molar refractivity (Wildman–Crippen MR) is 150 cm³/mol. The number of amides is 1. The Balaban J connectivity index is 1.53. The Morgan fingerprint density at radius 3 is 2.50 bits per heavy atom. The highest BCUT2D eigenvalue weighted by molar-refractivity contribution is 7.89. The van der Waals surface area contributed by atoms with Gasteiger partial charge in [0.15, 0.2) is 0 Å². The van der Waals surface area contributed by atoms with E-state index in [2.05, 4.69) is 6.07 Å². The molecule has 0 spiro atoms. The summed E-state index contributed by atoms with van der Waals surface area (Å²) < 4.78 is 39.9. The molecule has 1 aliphatic carbocycles. The molecule has 2 aliphatic rings. The first-order valence-corrected chi connectivity index (χ1v) is 15.4. The fourth-order valence-corrected chi connectivity index (χ4v) is 7.17. The highest BCUT2D eigenvalue weighted by atomic mass is 32.2. The van der Waals surface area contributed by atoms with E-state index in [1.807, 2.05) is 30.3 Å². The highest BCUT2D eigenvalue weighted by Crippen LogP contribution is 2.29. The number of benzene rings is 2. The van der Waals surface area contributed by atoms with Crippen LogP contribution < -0.4 is 4.74 Å². The van der Waals surface area contributed by atoms with Crippen molar-refractivity contribution in [3.63, 3.8) is 0 Å². The molecule has 1 heterocycles. The van der Waals surface area contributed by atoms with Gasteiger partial charge < -0.3 is 19.5 Å². The van der Waals surface area contributed by atoms with Gasteiger partial charge in [-0.2, -0.15) is 9.57 Å². The second-order valence-corrected chi connectivity index (χ2v) is 12.6. The van der Waals surface area contributed by atoms with Gasteiger partial charge in [0.1, 0.15) is 11.9 Å². The number of β-amino-alcohol motifs (C(OH)–C–C–N with tert-alkyl or cyclic N) is 1. The molecule has 1 amide bonds. The summed E-state index contributed by atoms with van der Waals surface area (Å²) in [7, 11) is -2.37. The fourth-order valence-electron chi connectivity index (χ4n) is 5.62. The molecule has 1 saturated heterocycles. The van der Waals surface area contributed by atoms with Crippen molar-refractivity contribution >= 4 is 15.9 Å². The summed E-state index contributed by atoms with van der Waals surface area (Å²) in [5.41, 5.74) is 1.03. The van der Waals surface area contributed by atoms with Crippen molar-refractivity contribution in [3.8, 4) is 11.8 Å². The minimum atomic E-state index is -3.89. The zero-order chi connectivity index (χ0) is 28.5. The van der Waals surface area contributed by atoms with Crippen molar-refractivity contribution in [1.29, 1.82) is 5.26 Å². The maximum Gasteiger partial charge on any atom is 0.252 e. The molecule has 2 aromatic carbocycles. The van der Waals surface area contributed by atoms with Gasteiger partial charge in [0, 0.05) is 26.1 Å². The lowest BCUT2D eigenvalue weighted by atomic mass is 10.0. The van der Waals surface area contributed by atoms with Gasteiger partial charge in [-0.3, -0.25) is 4.79 Å². The number of carbonyl (C=O) groups excluding carboxylic acids is 1. The number of hydrogen-bond acceptors (Lipinski definition) is 7. The third-order valence-corrected chi connectivity index (χ3v) is 9.62. The molecule has 0 radical (unpaired) electrons. The molecule has 3 atom stereocenters. The van der Waals surface area contributed by atoms with E-state index in [9.17, 15) is 18.3 Å². The van der Waals surface area contributed by atoms with Crippen LogP contribution in [0, 0.1) is 17.2 Å². The molecule has 1 saturated carbocycles. The topological polar surface area (TPSA) is 120 Å². The number of sulfonamides is 1. The number of morpholine rings is 1. The third-order valence-electron chi connectivity index (χ3n) is 7.78. The van der Waals surface area contributed by atoms with Crippen LogP contribution in [0.15, 0.2) is 59.5 Å². The van der Waals surface area contributed by atoms with E-state index >= 15 is 0 Å². The van der Waals surface area contributed by atoms with Gasteiger partial charge >= 0.3 is 0 Å². The Morgan fingerprint density at radius 1 is 1.15 bits per heavy atom. The van der Waals surface area contributed by atoms with E-state index < -0.39 is 22.2 Å². The number of rotatable bonds is 13. The maximum absolute atomic E-state index is 13.7. The van der Waals surface area contributed by atoms with Gasteiger partial charge in [-0.15, -0.1) is 0 Å². The molecule has 0 bridgehead atoms. The van der Waals surface area contributed by atoms with Crippen LogP contribution in [-0.4, -0.2) is 80.2 Å². The largest absolute Gasteiger partial charge is 0.497 e. The maximum atomic E-state index is 13.7. The number of carbonyl (C=O) groups is 1. The zero-order valence-corrected chi connectivity index (χ0v) is 23.8. The van der Waals surface area contributed by atoms with Crippen LogP contribution in [0.3, 0.4) is 0 Å². The lowest BCUT2D eigenvalue weighted by molar-refractivity contribution is -0.162. The van der Waals surface area contributed by atoms with Crippen molar-refractivity contribution < 1.29 is 27.8 Å². The monoisotopic (exact) mass is 569 g/mol. The Kier molecular flexibility index (Phi) is 10.6. The van der Waals surface area contributed by atoms with Crippen molar-refractivity contribution in [1.82, 2.24) is 9.21 Å². The van der Waals surface area contributed by atoms with E-state index in [-0.39, 0.29) is 55.3 Å². The molecular formula is C30H39N3O6S. The van der Waals surface area contributed by atoms with Crippen molar-refractivity contribution in [2.45, 2.75) is 68.1 Å². The predicted octanol–water partition coefficient (Wildman–Crippen LogP) is 3.38. The Morgan fingerprint density at radius 2 is 1.85 bits per heavy atom. The second kappa shape index (κ2) is 14.1. The Hall–Kier alpha value is -2.97.